The van der Waals surface area contributed by atoms with Gasteiger partial charge in [-0.05, 0) is 0 Å². The minimum absolute atomic E-state index is 0.195. The fraction of sp³-hybridized carbons (Fsp3) is 0.769. The number of carbonyl (C=O) groups is 4. The summed E-state index contributed by atoms with van der Waals surface area (Å²) in [5.74, 6) is -87.3. The summed E-state index contributed by atoms with van der Waals surface area (Å²) in [6.07, 6.45) is -29.2. The molecule has 0 aromatic rings. The van der Waals surface area contributed by atoms with Crippen molar-refractivity contribution in [2.24, 2.45) is 0 Å². The Morgan fingerprint density at radius 2 is 0.600 bits per heavy atom. The number of esters is 4. The van der Waals surface area contributed by atoms with Gasteiger partial charge in [0.2, 0.25) is 0 Å². The van der Waals surface area contributed by atoms with Crippen LogP contribution in [0.15, 0.2) is 12.2 Å². The molecule has 2 unspecified atom stereocenters. The Hall–Kier alpha value is -4.20. The van der Waals surface area contributed by atoms with Crippen molar-refractivity contribution in [2.45, 2.75) is 110 Å². The first-order chi connectivity index (χ1) is 26.1. The number of rotatable bonds is 20. The van der Waals surface area contributed by atoms with Gasteiger partial charge in [-0.15, -0.1) is 0 Å². The molecule has 0 amide bonds. The Morgan fingerprint density at radius 3 is 0.800 bits per heavy atom. The Morgan fingerprint density at radius 1 is 0.383 bits per heavy atom. The van der Waals surface area contributed by atoms with Gasteiger partial charge in [-0.3, -0.25) is 9.59 Å². The zero-order valence-corrected chi connectivity index (χ0v) is 28.2. The number of hydrogen-bond donors (Lipinski definition) is 0. The second kappa shape index (κ2) is 17.3. The molecule has 0 fully saturated rings. The normalized spacial score (nSPS) is 16.0. The highest BCUT2D eigenvalue weighted by molar-refractivity contribution is 5.91. The SMILES string of the molecule is CC(=O)OC(COC(=O)/C=C\C(=O)OCC(CC(F)(F)C(F)(F)C(F)(F)C(F)(F)C(F)(F)C(F)(F)F)OC(C)=O)CC(F)(F)C(F)(F)C(F)(F)C(F)(F)C(F)(F)C(F)(F)F. The van der Waals surface area contributed by atoms with E-state index < -0.39 is 134 Å². The fourth-order valence-electron chi connectivity index (χ4n) is 3.75. The minimum atomic E-state index is -8.33. The highest BCUT2D eigenvalue weighted by Crippen LogP contribution is 2.62. The Kier molecular flexibility index (Phi) is 16.1. The second-order valence-electron chi connectivity index (χ2n) is 11.5. The van der Waals surface area contributed by atoms with Crippen LogP contribution < -0.4 is 0 Å². The van der Waals surface area contributed by atoms with Gasteiger partial charge in [0.05, 0.1) is 12.8 Å². The van der Waals surface area contributed by atoms with Crippen LogP contribution in [0.3, 0.4) is 0 Å². The Bertz CT molecular complexity index is 1470. The third-order valence-corrected chi connectivity index (χ3v) is 6.81. The van der Waals surface area contributed by atoms with E-state index in [1.807, 2.05) is 0 Å². The number of halogens is 26. The number of carbonyl (C=O) groups excluding carboxylic acids is 4. The zero-order valence-electron chi connectivity index (χ0n) is 28.2. The third kappa shape index (κ3) is 10.6. The summed E-state index contributed by atoms with van der Waals surface area (Å²) >= 11 is 0. The van der Waals surface area contributed by atoms with Crippen molar-refractivity contribution in [3.8, 4) is 0 Å². The van der Waals surface area contributed by atoms with E-state index in [1.54, 1.807) is 0 Å². The highest BCUT2D eigenvalue weighted by atomic mass is 19.4. The average Bonchev–Trinajstić information content (AvgIpc) is 3.02. The summed E-state index contributed by atoms with van der Waals surface area (Å²) in [4.78, 5) is 45.8. The molecule has 60 heavy (non-hydrogen) atoms. The van der Waals surface area contributed by atoms with E-state index in [4.69, 9.17) is 0 Å². The predicted molar refractivity (Wildman–Crippen MR) is 133 cm³/mol. The molecule has 0 radical (unpaired) electrons. The molecule has 2 atom stereocenters. The van der Waals surface area contributed by atoms with Crippen molar-refractivity contribution in [3.05, 3.63) is 12.2 Å². The standard InChI is InChI=1S/C26H18F26O8/c1-9(53)59-11(5-15(27,28)17(31,32)19(35,36)21(39,40)23(43,44)25(47,48)49)7-57-13(55)3-4-14(56)58-8-12(60-10(2)54)6-16(29,30)18(33,34)20(37,38)22(41,42)24(45,46)26(50,51)52/h3-4,11-12H,5-8H2,1-2H3/b4-3-. The molecule has 0 bridgehead atoms. The molecular formula is C26H18F26O8. The van der Waals surface area contributed by atoms with Crippen molar-refractivity contribution < 1.29 is 152 Å². The van der Waals surface area contributed by atoms with Gasteiger partial charge in [0.1, 0.15) is 25.4 Å². The number of ether oxygens (including phenoxy) is 4. The molecule has 0 aromatic carbocycles. The monoisotopic (exact) mass is 952 g/mol. The molecule has 0 spiro atoms. The van der Waals surface area contributed by atoms with Gasteiger partial charge in [-0.1, -0.05) is 0 Å². The van der Waals surface area contributed by atoms with Crippen LogP contribution in [0, 0.1) is 0 Å². The molecule has 0 aliphatic heterocycles. The summed E-state index contributed by atoms with van der Waals surface area (Å²) in [5, 5.41) is 0. The van der Waals surface area contributed by atoms with Crippen LogP contribution >= 0.6 is 0 Å². The van der Waals surface area contributed by atoms with Crippen molar-refractivity contribution >= 4 is 23.9 Å². The van der Waals surface area contributed by atoms with Gasteiger partial charge in [0.25, 0.3) is 0 Å². The Labute approximate surface area is 313 Å². The summed E-state index contributed by atoms with van der Waals surface area (Å²) in [7, 11) is 0. The van der Waals surface area contributed by atoms with Gasteiger partial charge in [0, 0.05) is 26.0 Å². The summed E-state index contributed by atoms with van der Waals surface area (Å²) < 4.78 is 363. The molecule has 0 aliphatic carbocycles. The van der Waals surface area contributed by atoms with E-state index in [-0.39, 0.29) is 26.0 Å². The molecule has 34 heteroatoms. The quantitative estimate of drug-likeness (QED) is 0.0517. The molecular weight excluding hydrogens is 934 g/mol. The van der Waals surface area contributed by atoms with Crippen LogP contribution in [0.5, 0.6) is 0 Å². The minimum Gasteiger partial charge on any atom is -0.459 e. The van der Waals surface area contributed by atoms with E-state index in [0.29, 0.717) is 0 Å². The van der Waals surface area contributed by atoms with Crippen molar-refractivity contribution in [1.29, 1.82) is 0 Å². The van der Waals surface area contributed by atoms with Crippen LogP contribution in [-0.4, -0.2) is 121 Å². The van der Waals surface area contributed by atoms with Gasteiger partial charge in [0.15, 0.2) is 0 Å². The lowest BCUT2D eigenvalue weighted by atomic mass is 9.91. The van der Waals surface area contributed by atoms with E-state index in [9.17, 15) is 133 Å². The average molecular weight is 952 g/mol. The van der Waals surface area contributed by atoms with E-state index >= 15 is 0 Å². The van der Waals surface area contributed by atoms with Gasteiger partial charge in [-0.2, -0.15) is 114 Å². The first-order valence-corrected chi connectivity index (χ1v) is 14.3. The van der Waals surface area contributed by atoms with Crippen molar-refractivity contribution in [2.75, 3.05) is 13.2 Å². The topological polar surface area (TPSA) is 105 Å². The van der Waals surface area contributed by atoms with Crippen molar-refractivity contribution in [3.63, 3.8) is 0 Å². The number of hydrogen-bond acceptors (Lipinski definition) is 8. The van der Waals surface area contributed by atoms with Crippen LogP contribution in [0.4, 0.5) is 114 Å². The third-order valence-electron chi connectivity index (χ3n) is 6.81. The highest BCUT2D eigenvalue weighted by Gasteiger charge is 2.92. The predicted octanol–water partition coefficient (Wildman–Crippen LogP) is 8.75. The van der Waals surface area contributed by atoms with E-state index in [2.05, 4.69) is 18.9 Å². The molecule has 0 aliphatic rings. The zero-order chi connectivity index (χ0) is 48.5. The lowest BCUT2D eigenvalue weighted by Crippen LogP contribution is -2.70. The second-order valence-corrected chi connectivity index (χ2v) is 11.5. The summed E-state index contributed by atoms with van der Waals surface area (Å²) in [6.45, 7) is -3.86. The summed E-state index contributed by atoms with van der Waals surface area (Å²) in [6, 6.07) is 0. The van der Waals surface area contributed by atoms with Crippen LogP contribution in [-0.2, 0) is 38.1 Å². The molecule has 0 N–H and O–H groups in total. The van der Waals surface area contributed by atoms with Gasteiger partial charge >= 0.3 is 95.5 Å². The molecule has 352 valence electrons. The molecule has 0 rings (SSSR count). The maximum absolute atomic E-state index is 14.2. The lowest BCUT2D eigenvalue weighted by Gasteiger charge is -2.40. The number of alkyl halides is 26. The molecule has 8 nitrogen and oxygen atoms in total. The van der Waals surface area contributed by atoms with Crippen LogP contribution in [0.25, 0.3) is 0 Å². The maximum atomic E-state index is 14.2. The van der Waals surface area contributed by atoms with E-state index in [0.717, 1.165) is 0 Å². The first kappa shape index (κ1) is 55.8. The Balaban J connectivity index is 6.11. The molecule has 0 heterocycles. The first-order valence-electron chi connectivity index (χ1n) is 14.3. The van der Waals surface area contributed by atoms with E-state index in [1.165, 1.54) is 0 Å². The van der Waals surface area contributed by atoms with Crippen LogP contribution in [0.2, 0.25) is 0 Å². The smallest absolute Gasteiger partial charge is 0.459 e. The fourth-order valence-corrected chi connectivity index (χ4v) is 3.75. The van der Waals surface area contributed by atoms with Crippen molar-refractivity contribution in [1.82, 2.24) is 0 Å². The molecule has 0 aromatic heterocycles. The largest absolute Gasteiger partial charge is 0.460 e. The van der Waals surface area contributed by atoms with Gasteiger partial charge in [-0.25, -0.2) is 9.59 Å². The van der Waals surface area contributed by atoms with Gasteiger partial charge < -0.3 is 18.9 Å². The molecule has 0 saturated heterocycles. The lowest BCUT2D eigenvalue weighted by molar-refractivity contribution is -0.440. The summed E-state index contributed by atoms with van der Waals surface area (Å²) in [5.41, 5.74) is 0. The molecule has 0 saturated carbocycles. The maximum Gasteiger partial charge on any atom is 0.460 e. The van der Waals surface area contributed by atoms with Crippen LogP contribution in [0.1, 0.15) is 26.7 Å².